The Labute approximate surface area is 160 Å². The smallest absolute Gasteiger partial charge is 0.213 e. The first kappa shape index (κ1) is 19.0. The first-order chi connectivity index (χ1) is 12.9. The molecule has 0 saturated heterocycles. The molecule has 3 aromatic rings. The fourth-order valence-electron chi connectivity index (χ4n) is 2.77. The van der Waals surface area contributed by atoms with Crippen molar-refractivity contribution < 1.29 is 8.83 Å². The van der Waals surface area contributed by atoms with Crippen LogP contribution in [0.3, 0.4) is 0 Å². The summed E-state index contributed by atoms with van der Waals surface area (Å²) in [4.78, 5) is 8.99. The number of furan rings is 1. The van der Waals surface area contributed by atoms with E-state index in [0.29, 0.717) is 24.9 Å². The van der Waals surface area contributed by atoms with Crippen molar-refractivity contribution in [1.82, 2.24) is 15.6 Å². The highest BCUT2D eigenvalue weighted by Crippen LogP contribution is 2.25. The summed E-state index contributed by atoms with van der Waals surface area (Å²) in [5, 5.41) is 7.64. The standard InChI is InChI=1S/C21H28N4O2/c1-6-22-20(25-13-19-23-12-18(27-19)21(3,4)5)24-11-17-14(2)15-9-7-8-10-16(15)26-17/h7-10,12H,6,11,13H2,1-5H3,(H2,22,24,25). The molecule has 0 radical (unpaired) electrons. The fraction of sp³-hybridized carbons (Fsp3) is 0.429. The summed E-state index contributed by atoms with van der Waals surface area (Å²) in [5.41, 5.74) is 1.98. The lowest BCUT2D eigenvalue weighted by Gasteiger charge is -2.13. The third kappa shape index (κ3) is 4.51. The molecule has 0 spiro atoms. The quantitative estimate of drug-likeness (QED) is 0.519. The molecule has 144 valence electrons. The van der Waals surface area contributed by atoms with E-state index in [-0.39, 0.29) is 5.41 Å². The van der Waals surface area contributed by atoms with Crippen LogP contribution in [0.2, 0.25) is 0 Å². The number of hydrogen-bond acceptors (Lipinski definition) is 4. The Balaban J connectivity index is 1.69. The second-order valence-electron chi connectivity index (χ2n) is 7.56. The number of benzene rings is 1. The van der Waals surface area contributed by atoms with Crippen LogP contribution in [0.15, 0.2) is 44.3 Å². The summed E-state index contributed by atoms with van der Waals surface area (Å²) in [5.74, 6) is 3.09. The SMILES string of the molecule is CCNC(=NCc1oc2ccccc2c1C)NCc1ncc(C(C)(C)C)o1. The molecule has 0 saturated carbocycles. The third-order valence-corrected chi connectivity index (χ3v) is 4.37. The molecule has 0 aliphatic heterocycles. The first-order valence-electron chi connectivity index (χ1n) is 9.33. The maximum atomic E-state index is 5.94. The van der Waals surface area contributed by atoms with Gasteiger partial charge in [0, 0.05) is 22.9 Å². The maximum Gasteiger partial charge on any atom is 0.213 e. The predicted molar refractivity (Wildman–Crippen MR) is 108 cm³/mol. The second-order valence-corrected chi connectivity index (χ2v) is 7.56. The van der Waals surface area contributed by atoms with Crippen LogP contribution in [0.5, 0.6) is 0 Å². The maximum absolute atomic E-state index is 5.94. The molecule has 6 heteroatoms. The molecule has 3 rings (SSSR count). The Hall–Kier alpha value is -2.76. The predicted octanol–water partition coefficient (Wildman–Crippen LogP) is 4.28. The van der Waals surface area contributed by atoms with Crippen LogP contribution >= 0.6 is 0 Å². The van der Waals surface area contributed by atoms with E-state index in [9.17, 15) is 0 Å². The van der Waals surface area contributed by atoms with Crippen molar-refractivity contribution in [2.75, 3.05) is 6.54 Å². The number of aromatic nitrogens is 1. The fourth-order valence-corrected chi connectivity index (χ4v) is 2.77. The lowest BCUT2D eigenvalue weighted by Crippen LogP contribution is -2.36. The van der Waals surface area contributed by atoms with E-state index >= 15 is 0 Å². The molecule has 27 heavy (non-hydrogen) atoms. The summed E-state index contributed by atoms with van der Waals surface area (Å²) < 4.78 is 11.8. The van der Waals surface area contributed by atoms with E-state index in [1.807, 2.05) is 25.1 Å². The van der Waals surface area contributed by atoms with Crippen molar-refractivity contribution in [1.29, 1.82) is 0 Å². The van der Waals surface area contributed by atoms with Crippen LogP contribution < -0.4 is 10.6 Å². The van der Waals surface area contributed by atoms with Crippen LogP contribution in [0.4, 0.5) is 0 Å². The Morgan fingerprint density at radius 3 is 2.59 bits per heavy atom. The van der Waals surface area contributed by atoms with Crippen molar-refractivity contribution >= 4 is 16.9 Å². The molecule has 6 nitrogen and oxygen atoms in total. The summed E-state index contributed by atoms with van der Waals surface area (Å²) in [6.07, 6.45) is 1.79. The normalized spacial score (nSPS) is 12.6. The third-order valence-electron chi connectivity index (χ3n) is 4.37. The largest absolute Gasteiger partial charge is 0.459 e. The van der Waals surface area contributed by atoms with Crippen molar-refractivity contribution in [3.8, 4) is 0 Å². The zero-order valence-corrected chi connectivity index (χ0v) is 16.7. The van der Waals surface area contributed by atoms with Gasteiger partial charge in [0.05, 0.1) is 12.7 Å². The van der Waals surface area contributed by atoms with Gasteiger partial charge in [-0.3, -0.25) is 0 Å². The highest BCUT2D eigenvalue weighted by atomic mass is 16.4. The molecule has 2 aromatic heterocycles. The number of aliphatic imine (C=N–C) groups is 1. The summed E-state index contributed by atoms with van der Waals surface area (Å²) in [6, 6.07) is 8.05. The summed E-state index contributed by atoms with van der Waals surface area (Å²) >= 11 is 0. The van der Waals surface area contributed by atoms with Gasteiger partial charge in [0.15, 0.2) is 5.96 Å². The molecule has 0 fully saturated rings. The number of rotatable bonds is 5. The van der Waals surface area contributed by atoms with Crippen molar-refractivity contribution in [2.45, 2.75) is 53.1 Å². The molecule has 2 N–H and O–H groups in total. The molecular weight excluding hydrogens is 340 g/mol. The van der Waals surface area contributed by atoms with Gasteiger partial charge in [-0.25, -0.2) is 9.98 Å². The number of guanidine groups is 1. The zero-order valence-electron chi connectivity index (χ0n) is 16.7. The zero-order chi connectivity index (χ0) is 19.4. The minimum absolute atomic E-state index is 0.0529. The van der Waals surface area contributed by atoms with Crippen LogP contribution in [0.1, 0.15) is 50.7 Å². The Bertz CT molecular complexity index is 931. The number of fused-ring (bicyclic) bond motifs is 1. The van der Waals surface area contributed by atoms with E-state index in [1.165, 1.54) is 0 Å². The molecule has 2 heterocycles. The number of oxazole rings is 1. The van der Waals surface area contributed by atoms with Crippen molar-refractivity contribution in [3.63, 3.8) is 0 Å². The van der Waals surface area contributed by atoms with Gasteiger partial charge < -0.3 is 19.5 Å². The molecule has 1 aromatic carbocycles. The molecule has 0 bridgehead atoms. The van der Waals surface area contributed by atoms with Gasteiger partial charge in [-0.15, -0.1) is 0 Å². The average Bonchev–Trinajstić information content (AvgIpc) is 3.23. The summed E-state index contributed by atoms with van der Waals surface area (Å²) in [7, 11) is 0. The van der Waals surface area contributed by atoms with Gasteiger partial charge in [0.1, 0.15) is 23.6 Å². The number of nitrogens with one attached hydrogen (secondary N) is 2. The number of para-hydroxylation sites is 1. The van der Waals surface area contributed by atoms with Gasteiger partial charge in [-0.05, 0) is 19.9 Å². The molecular formula is C21H28N4O2. The van der Waals surface area contributed by atoms with Crippen LogP contribution in [0.25, 0.3) is 11.0 Å². The van der Waals surface area contributed by atoms with E-state index in [2.05, 4.69) is 54.4 Å². The topological polar surface area (TPSA) is 75.6 Å². The minimum Gasteiger partial charge on any atom is -0.459 e. The molecule has 0 amide bonds. The Morgan fingerprint density at radius 1 is 1.15 bits per heavy atom. The lowest BCUT2D eigenvalue weighted by molar-refractivity contribution is 0.379. The number of nitrogens with zero attached hydrogens (tertiary/aromatic N) is 2. The van der Waals surface area contributed by atoms with Gasteiger partial charge in [0.25, 0.3) is 0 Å². The lowest BCUT2D eigenvalue weighted by atomic mass is 9.94. The molecule has 0 aliphatic carbocycles. The van der Waals surface area contributed by atoms with Crippen LogP contribution in [-0.2, 0) is 18.5 Å². The van der Waals surface area contributed by atoms with Crippen molar-refractivity contribution in [3.05, 3.63) is 53.4 Å². The van der Waals surface area contributed by atoms with Gasteiger partial charge >= 0.3 is 0 Å². The van der Waals surface area contributed by atoms with E-state index in [1.54, 1.807) is 6.20 Å². The van der Waals surface area contributed by atoms with Crippen LogP contribution in [-0.4, -0.2) is 17.5 Å². The average molecular weight is 368 g/mol. The first-order valence-corrected chi connectivity index (χ1v) is 9.33. The van der Waals surface area contributed by atoms with Crippen LogP contribution in [0, 0.1) is 6.92 Å². The number of hydrogen-bond donors (Lipinski definition) is 2. The molecule has 0 unspecified atom stereocenters. The van der Waals surface area contributed by atoms with E-state index in [0.717, 1.165) is 34.6 Å². The molecule has 0 aliphatic rings. The highest BCUT2D eigenvalue weighted by Gasteiger charge is 2.19. The van der Waals surface area contributed by atoms with E-state index in [4.69, 9.17) is 8.83 Å². The Morgan fingerprint density at radius 2 is 1.93 bits per heavy atom. The summed E-state index contributed by atoms with van der Waals surface area (Å²) in [6.45, 7) is 12.1. The van der Waals surface area contributed by atoms with Gasteiger partial charge in [0.2, 0.25) is 5.89 Å². The monoisotopic (exact) mass is 368 g/mol. The highest BCUT2D eigenvalue weighted by molar-refractivity contribution is 5.82. The van der Waals surface area contributed by atoms with E-state index < -0.39 is 0 Å². The molecule has 0 atom stereocenters. The van der Waals surface area contributed by atoms with Crippen molar-refractivity contribution in [2.24, 2.45) is 4.99 Å². The second kappa shape index (κ2) is 7.86. The minimum atomic E-state index is -0.0529. The number of aryl methyl sites for hydroxylation is 1. The Kier molecular flexibility index (Phi) is 5.54. The van der Waals surface area contributed by atoms with Gasteiger partial charge in [-0.1, -0.05) is 39.0 Å². The van der Waals surface area contributed by atoms with Gasteiger partial charge in [-0.2, -0.15) is 0 Å².